The maximum atomic E-state index is 13.0. The lowest BCUT2D eigenvalue weighted by atomic mass is 9.93. The average molecular weight is 247 g/mol. The summed E-state index contributed by atoms with van der Waals surface area (Å²) in [5.41, 5.74) is 1.27. The number of benzene rings is 1. The summed E-state index contributed by atoms with van der Waals surface area (Å²) in [5, 5.41) is 3.83. The van der Waals surface area contributed by atoms with Crippen molar-refractivity contribution in [3.63, 3.8) is 0 Å². The lowest BCUT2D eigenvalue weighted by Crippen LogP contribution is -2.35. The van der Waals surface area contributed by atoms with E-state index in [2.05, 4.69) is 5.32 Å². The molecule has 0 heterocycles. The van der Waals surface area contributed by atoms with E-state index in [-0.39, 0.29) is 5.82 Å². The molecule has 0 amide bonds. The van der Waals surface area contributed by atoms with Gasteiger partial charge < -0.3 is 5.32 Å². The Hall–Kier alpha value is -0.890. The van der Waals surface area contributed by atoms with Gasteiger partial charge in [0, 0.05) is 12.1 Å². The van der Waals surface area contributed by atoms with Gasteiger partial charge in [0.25, 0.3) is 0 Å². The maximum absolute atomic E-state index is 13.0. The largest absolute Gasteiger partial charge is 0.307 e. The predicted molar refractivity (Wildman–Crippen MR) is 71.9 cm³/mol. The van der Waals surface area contributed by atoms with Crippen molar-refractivity contribution in [3.8, 4) is 0 Å². The first-order valence-electron chi connectivity index (χ1n) is 7.34. The molecule has 1 nitrogen and oxygen atoms in total. The Balaban J connectivity index is 1.69. The van der Waals surface area contributed by atoms with Gasteiger partial charge in [0.1, 0.15) is 5.82 Å². The molecule has 2 aliphatic carbocycles. The molecule has 2 heteroatoms. The molecule has 0 aliphatic heterocycles. The molecule has 0 aromatic heterocycles. The number of hydrogen-bond acceptors (Lipinski definition) is 1. The first kappa shape index (κ1) is 12.2. The van der Waals surface area contributed by atoms with Crippen LogP contribution in [0.1, 0.15) is 56.6 Å². The summed E-state index contributed by atoms with van der Waals surface area (Å²) in [4.78, 5) is 0. The maximum Gasteiger partial charge on any atom is 0.123 e. The molecule has 1 unspecified atom stereocenters. The zero-order chi connectivity index (χ0) is 12.4. The minimum Gasteiger partial charge on any atom is -0.307 e. The monoisotopic (exact) mass is 247 g/mol. The van der Waals surface area contributed by atoms with E-state index in [4.69, 9.17) is 0 Å². The highest BCUT2D eigenvalue weighted by Gasteiger charge is 2.33. The Morgan fingerprint density at radius 1 is 0.944 bits per heavy atom. The Morgan fingerprint density at radius 2 is 1.61 bits per heavy atom. The van der Waals surface area contributed by atoms with Crippen molar-refractivity contribution in [1.29, 1.82) is 0 Å². The molecule has 0 bridgehead atoms. The van der Waals surface area contributed by atoms with E-state index in [1.165, 1.54) is 50.5 Å². The molecular formula is C16H22FN. The van der Waals surface area contributed by atoms with Crippen LogP contribution in [0.2, 0.25) is 0 Å². The summed E-state index contributed by atoms with van der Waals surface area (Å²) in [6, 6.07) is 8.21. The van der Waals surface area contributed by atoms with E-state index in [9.17, 15) is 4.39 Å². The van der Waals surface area contributed by atoms with Crippen molar-refractivity contribution in [2.75, 3.05) is 0 Å². The SMILES string of the molecule is Fc1ccc(C(NC2CCCCC2)C2CC2)cc1. The zero-order valence-electron chi connectivity index (χ0n) is 10.9. The lowest BCUT2D eigenvalue weighted by molar-refractivity contribution is 0.323. The Morgan fingerprint density at radius 3 is 2.22 bits per heavy atom. The van der Waals surface area contributed by atoms with Crippen LogP contribution in [0.4, 0.5) is 4.39 Å². The van der Waals surface area contributed by atoms with Crippen molar-refractivity contribution in [2.45, 2.75) is 57.0 Å². The van der Waals surface area contributed by atoms with E-state index in [1.807, 2.05) is 12.1 Å². The Bertz CT molecular complexity index is 377. The quantitative estimate of drug-likeness (QED) is 0.841. The third-order valence-electron chi connectivity index (χ3n) is 4.34. The first-order chi connectivity index (χ1) is 8.83. The van der Waals surface area contributed by atoms with Gasteiger partial charge in [-0.3, -0.25) is 0 Å². The molecule has 0 spiro atoms. The van der Waals surface area contributed by atoms with Crippen LogP contribution in [-0.4, -0.2) is 6.04 Å². The van der Waals surface area contributed by atoms with Crippen LogP contribution in [0.3, 0.4) is 0 Å². The van der Waals surface area contributed by atoms with Crippen LogP contribution in [0.5, 0.6) is 0 Å². The van der Waals surface area contributed by atoms with E-state index in [0.29, 0.717) is 12.1 Å². The van der Waals surface area contributed by atoms with Crippen molar-refractivity contribution in [2.24, 2.45) is 5.92 Å². The van der Waals surface area contributed by atoms with Crippen molar-refractivity contribution in [1.82, 2.24) is 5.32 Å². The van der Waals surface area contributed by atoms with Crippen LogP contribution in [0, 0.1) is 11.7 Å². The molecule has 3 rings (SSSR count). The second-order valence-electron chi connectivity index (χ2n) is 5.87. The highest BCUT2D eigenvalue weighted by Crippen LogP contribution is 2.41. The molecule has 2 saturated carbocycles. The van der Waals surface area contributed by atoms with E-state index >= 15 is 0 Å². The molecule has 2 fully saturated rings. The van der Waals surface area contributed by atoms with Gasteiger partial charge in [-0.25, -0.2) is 4.39 Å². The fraction of sp³-hybridized carbons (Fsp3) is 0.625. The standard InChI is InChI=1S/C16H22FN/c17-14-10-8-13(9-11-14)16(12-6-7-12)18-15-4-2-1-3-5-15/h8-12,15-16,18H,1-7H2. The fourth-order valence-corrected chi connectivity index (χ4v) is 3.13. The minimum atomic E-state index is -0.133. The number of rotatable bonds is 4. The van der Waals surface area contributed by atoms with Gasteiger partial charge in [-0.1, -0.05) is 31.4 Å². The van der Waals surface area contributed by atoms with Crippen molar-refractivity contribution in [3.05, 3.63) is 35.6 Å². The molecule has 0 saturated heterocycles. The van der Waals surface area contributed by atoms with Crippen molar-refractivity contribution >= 4 is 0 Å². The van der Waals surface area contributed by atoms with E-state index in [1.54, 1.807) is 12.1 Å². The molecule has 2 aliphatic rings. The molecule has 1 N–H and O–H groups in total. The molecule has 98 valence electrons. The van der Waals surface area contributed by atoms with Crippen LogP contribution < -0.4 is 5.32 Å². The highest BCUT2D eigenvalue weighted by atomic mass is 19.1. The van der Waals surface area contributed by atoms with Crippen LogP contribution in [0.15, 0.2) is 24.3 Å². The Labute approximate surface area is 109 Å². The van der Waals surface area contributed by atoms with Gasteiger partial charge in [0.15, 0.2) is 0 Å². The lowest BCUT2D eigenvalue weighted by Gasteiger charge is -2.29. The smallest absolute Gasteiger partial charge is 0.123 e. The summed E-state index contributed by atoms with van der Waals surface area (Å²) >= 11 is 0. The number of halogens is 1. The summed E-state index contributed by atoms with van der Waals surface area (Å²) in [6.07, 6.45) is 9.37. The van der Waals surface area contributed by atoms with Crippen LogP contribution in [-0.2, 0) is 0 Å². The van der Waals surface area contributed by atoms with E-state index < -0.39 is 0 Å². The highest BCUT2D eigenvalue weighted by molar-refractivity contribution is 5.22. The molecule has 1 atom stereocenters. The van der Waals surface area contributed by atoms with Gasteiger partial charge in [0.05, 0.1) is 0 Å². The summed E-state index contributed by atoms with van der Waals surface area (Å²) < 4.78 is 13.0. The normalized spacial score (nSPS) is 22.9. The minimum absolute atomic E-state index is 0.133. The number of hydrogen-bond donors (Lipinski definition) is 1. The van der Waals surface area contributed by atoms with Crippen LogP contribution in [0.25, 0.3) is 0 Å². The molecular weight excluding hydrogens is 225 g/mol. The molecule has 1 aromatic carbocycles. The molecule has 1 aromatic rings. The second kappa shape index (κ2) is 5.40. The fourth-order valence-electron chi connectivity index (χ4n) is 3.13. The van der Waals surface area contributed by atoms with Gasteiger partial charge in [-0.05, 0) is 49.3 Å². The van der Waals surface area contributed by atoms with Gasteiger partial charge in [0.2, 0.25) is 0 Å². The van der Waals surface area contributed by atoms with Gasteiger partial charge >= 0.3 is 0 Å². The summed E-state index contributed by atoms with van der Waals surface area (Å²) in [6.45, 7) is 0. The Kier molecular flexibility index (Phi) is 3.64. The topological polar surface area (TPSA) is 12.0 Å². The summed E-state index contributed by atoms with van der Waals surface area (Å²) in [5.74, 6) is 0.642. The van der Waals surface area contributed by atoms with Gasteiger partial charge in [-0.2, -0.15) is 0 Å². The number of nitrogens with one attached hydrogen (secondary N) is 1. The zero-order valence-corrected chi connectivity index (χ0v) is 10.9. The second-order valence-corrected chi connectivity index (χ2v) is 5.87. The third-order valence-corrected chi connectivity index (χ3v) is 4.34. The van der Waals surface area contributed by atoms with Gasteiger partial charge in [-0.15, -0.1) is 0 Å². The third kappa shape index (κ3) is 2.92. The predicted octanol–water partition coefficient (Wildman–Crippen LogP) is 4.20. The van der Waals surface area contributed by atoms with Crippen molar-refractivity contribution < 1.29 is 4.39 Å². The average Bonchev–Trinajstić information content (AvgIpc) is 3.23. The first-order valence-corrected chi connectivity index (χ1v) is 7.34. The van der Waals surface area contributed by atoms with Crippen LogP contribution >= 0.6 is 0 Å². The molecule has 18 heavy (non-hydrogen) atoms. The van der Waals surface area contributed by atoms with E-state index in [0.717, 1.165) is 5.92 Å². The molecule has 0 radical (unpaired) electrons. The summed E-state index contributed by atoms with van der Waals surface area (Å²) in [7, 11) is 0.